The summed E-state index contributed by atoms with van der Waals surface area (Å²) in [5.74, 6) is 2.51. The monoisotopic (exact) mass is 300 g/mol. The van der Waals surface area contributed by atoms with E-state index in [1.54, 1.807) is 7.05 Å². The fraction of sp³-hybridized carbons (Fsp3) is 0.846. The van der Waals surface area contributed by atoms with Crippen molar-refractivity contribution in [3.63, 3.8) is 0 Å². The molecular formula is C13H24N4O2S. The van der Waals surface area contributed by atoms with E-state index in [2.05, 4.69) is 9.89 Å². The van der Waals surface area contributed by atoms with Gasteiger partial charge in [-0.25, -0.2) is 8.42 Å². The van der Waals surface area contributed by atoms with Gasteiger partial charge in [0.25, 0.3) is 0 Å². The molecule has 0 radical (unpaired) electrons. The van der Waals surface area contributed by atoms with Crippen molar-refractivity contribution in [1.82, 2.24) is 9.80 Å². The number of hydrogen-bond donors (Lipinski definition) is 1. The van der Waals surface area contributed by atoms with Crippen LogP contribution in [0.1, 0.15) is 19.8 Å². The molecule has 2 aliphatic rings. The lowest BCUT2D eigenvalue weighted by atomic mass is 10.0. The molecule has 0 aliphatic carbocycles. The van der Waals surface area contributed by atoms with E-state index < -0.39 is 9.84 Å². The summed E-state index contributed by atoms with van der Waals surface area (Å²) in [6.07, 6.45) is 1.83. The van der Waals surface area contributed by atoms with Crippen LogP contribution in [-0.2, 0) is 9.84 Å². The summed E-state index contributed by atoms with van der Waals surface area (Å²) in [5.41, 5.74) is 0. The molecule has 0 spiro atoms. The van der Waals surface area contributed by atoms with Crippen LogP contribution in [0.25, 0.3) is 0 Å². The third kappa shape index (κ3) is 3.71. The molecule has 0 aromatic carbocycles. The van der Waals surface area contributed by atoms with Crippen molar-refractivity contribution in [3.05, 3.63) is 0 Å². The molecule has 0 saturated carbocycles. The molecule has 0 bridgehead atoms. The van der Waals surface area contributed by atoms with Gasteiger partial charge in [0.15, 0.2) is 9.84 Å². The molecule has 2 aliphatic heterocycles. The largest absolute Gasteiger partial charge is 0.360 e. The minimum atomic E-state index is -2.86. The highest BCUT2D eigenvalue weighted by Crippen LogP contribution is 2.21. The molecule has 2 saturated heterocycles. The molecule has 114 valence electrons. The van der Waals surface area contributed by atoms with E-state index >= 15 is 0 Å². The van der Waals surface area contributed by atoms with Gasteiger partial charge in [0.1, 0.15) is 0 Å². The van der Waals surface area contributed by atoms with Crippen LogP contribution < -0.4 is 0 Å². The number of nitrogens with one attached hydrogen (secondary N) is 1. The minimum absolute atomic E-state index is 0.188. The number of hydrogen-bond acceptors (Lipinski definition) is 4. The number of likely N-dealkylation sites (tertiary alicyclic amines) is 1. The smallest absolute Gasteiger partial charge is 0.153 e. The Kier molecular flexibility index (Phi) is 4.67. The first-order chi connectivity index (χ1) is 9.41. The summed E-state index contributed by atoms with van der Waals surface area (Å²) in [4.78, 5) is 8.39. The Labute approximate surface area is 121 Å². The van der Waals surface area contributed by atoms with Crippen molar-refractivity contribution in [2.45, 2.75) is 19.8 Å². The quantitative estimate of drug-likeness (QED) is 0.593. The Morgan fingerprint density at radius 3 is 2.50 bits per heavy atom. The Bertz CT molecular complexity index is 487. The summed E-state index contributed by atoms with van der Waals surface area (Å²) >= 11 is 0. The maximum Gasteiger partial charge on any atom is 0.153 e. The minimum Gasteiger partial charge on any atom is -0.360 e. The van der Waals surface area contributed by atoms with E-state index in [4.69, 9.17) is 5.41 Å². The van der Waals surface area contributed by atoms with Crippen molar-refractivity contribution in [2.75, 3.05) is 44.7 Å². The van der Waals surface area contributed by atoms with Crippen molar-refractivity contribution < 1.29 is 8.42 Å². The average Bonchev–Trinajstić information content (AvgIpc) is 2.86. The number of amidine groups is 2. The molecule has 2 fully saturated rings. The molecule has 1 N–H and O–H groups in total. The van der Waals surface area contributed by atoms with Gasteiger partial charge in [0.05, 0.1) is 23.2 Å². The molecule has 6 nitrogen and oxygen atoms in total. The Morgan fingerprint density at radius 2 is 1.90 bits per heavy atom. The second kappa shape index (κ2) is 6.11. The molecule has 0 amide bonds. The van der Waals surface area contributed by atoms with Crippen LogP contribution in [0.5, 0.6) is 0 Å². The van der Waals surface area contributed by atoms with Crippen LogP contribution in [0.4, 0.5) is 0 Å². The predicted molar refractivity (Wildman–Crippen MR) is 81.3 cm³/mol. The van der Waals surface area contributed by atoms with E-state index in [1.807, 2.05) is 11.8 Å². The fourth-order valence-corrected chi connectivity index (χ4v) is 4.02. The number of nitrogens with zero attached hydrogens (tertiary/aromatic N) is 3. The van der Waals surface area contributed by atoms with Gasteiger partial charge in [-0.3, -0.25) is 10.4 Å². The molecule has 7 heteroatoms. The molecule has 20 heavy (non-hydrogen) atoms. The van der Waals surface area contributed by atoms with Crippen LogP contribution in [0, 0.1) is 11.3 Å². The zero-order valence-electron chi connectivity index (χ0n) is 12.3. The molecule has 0 aromatic heterocycles. The molecule has 0 aromatic rings. The van der Waals surface area contributed by atoms with Crippen molar-refractivity contribution >= 4 is 21.5 Å². The van der Waals surface area contributed by atoms with Gasteiger partial charge in [0.2, 0.25) is 0 Å². The predicted octanol–water partition coefficient (Wildman–Crippen LogP) is 0.454. The maximum atomic E-state index is 11.4. The number of aliphatic imine (C=N–C) groups is 1. The maximum absolute atomic E-state index is 11.4. The first-order valence-electron chi connectivity index (χ1n) is 7.12. The zero-order valence-corrected chi connectivity index (χ0v) is 13.1. The van der Waals surface area contributed by atoms with Crippen LogP contribution in [0.2, 0.25) is 0 Å². The number of sulfone groups is 1. The van der Waals surface area contributed by atoms with Gasteiger partial charge in [-0.15, -0.1) is 0 Å². The second-order valence-electron chi connectivity index (χ2n) is 5.66. The van der Waals surface area contributed by atoms with E-state index in [0.717, 1.165) is 31.8 Å². The molecule has 1 atom stereocenters. The van der Waals surface area contributed by atoms with Gasteiger partial charge >= 0.3 is 0 Å². The Balaban J connectivity index is 1.81. The van der Waals surface area contributed by atoms with Crippen LogP contribution in [-0.4, -0.2) is 74.6 Å². The third-order valence-electron chi connectivity index (χ3n) is 4.28. The average molecular weight is 300 g/mol. The van der Waals surface area contributed by atoms with Crippen molar-refractivity contribution in [2.24, 2.45) is 10.9 Å². The summed E-state index contributed by atoms with van der Waals surface area (Å²) in [7, 11) is -1.06. The second-order valence-corrected chi connectivity index (χ2v) is 7.96. The molecule has 2 heterocycles. The summed E-state index contributed by atoms with van der Waals surface area (Å²) in [5, 5.41) is 8.18. The first kappa shape index (κ1) is 15.3. The zero-order chi connectivity index (χ0) is 14.8. The lowest BCUT2D eigenvalue weighted by Crippen LogP contribution is -2.44. The third-order valence-corrected chi connectivity index (χ3v) is 5.88. The van der Waals surface area contributed by atoms with Gasteiger partial charge in [-0.05, 0) is 19.3 Å². The van der Waals surface area contributed by atoms with Crippen molar-refractivity contribution in [1.29, 1.82) is 5.41 Å². The normalized spacial score (nSPS) is 26.9. The van der Waals surface area contributed by atoms with E-state index in [0.29, 0.717) is 24.8 Å². The van der Waals surface area contributed by atoms with E-state index in [1.165, 1.54) is 0 Å². The first-order valence-corrected chi connectivity index (χ1v) is 8.94. The lowest BCUT2D eigenvalue weighted by Gasteiger charge is -2.30. The molecule has 2 rings (SSSR count). The van der Waals surface area contributed by atoms with Crippen LogP contribution >= 0.6 is 0 Å². The van der Waals surface area contributed by atoms with Gasteiger partial charge in [-0.1, -0.05) is 0 Å². The van der Waals surface area contributed by atoms with E-state index in [9.17, 15) is 8.42 Å². The van der Waals surface area contributed by atoms with Crippen molar-refractivity contribution in [3.8, 4) is 0 Å². The fourth-order valence-electron chi connectivity index (χ4n) is 2.82. The number of rotatable bonds is 2. The van der Waals surface area contributed by atoms with Gasteiger partial charge < -0.3 is 9.80 Å². The highest BCUT2D eigenvalue weighted by atomic mass is 32.2. The van der Waals surface area contributed by atoms with E-state index in [-0.39, 0.29) is 11.5 Å². The summed E-state index contributed by atoms with van der Waals surface area (Å²) in [6.45, 7) is 4.94. The SMILES string of the molecule is CN=C(C)N1CCC(CC(=N)N2CCS(=O)(=O)CC2)C1. The molecular weight excluding hydrogens is 276 g/mol. The lowest BCUT2D eigenvalue weighted by molar-refractivity contribution is 0.413. The highest BCUT2D eigenvalue weighted by molar-refractivity contribution is 7.91. The standard InChI is InChI=1S/C13H24N4O2S/c1-11(15-2)17-4-3-12(10-17)9-13(14)16-5-7-20(18,19)8-6-16/h12,14H,3-10H2,1-2H3. The van der Waals surface area contributed by atoms with Crippen LogP contribution in [0.15, 0.2) is 4.99 Å². The topological polar surface area (TPSA) is 76.8 Å². The van der Waals surface area contributed by atoms with Crippen LogP contribution in [0.3, 0.4) is 0 Å². The van der Waals surface area contributed by atoms with Gasteiger partial charge in [0, 0.05) is 39.6 Å². The summed E-state index contributed by atoms with van der Waals surface area (Å²) in [6, 6.07) is 0. The summed E-state index contributed by atoms with van der Waals surface area (Å²) < 4.78 is 22.8. The van der Waals surface area contributed by atoms with Gasteiger partial charge in [-0.2, -0.15) is 0 Å². The Hall–Kier alpha value is -1.11. The Morgan fingerprint density at radius 1 is 1.25 bits per heavy atom. The molecule has 1 unspecified atom stereocenters. The highest BCUT2D eigenvalue weighted by Gasteiger charge is 2.28.